The normalized spacial score (nSPS) is 10.5. The maximum atomic E-state index is 13.7. The quantitative estimate of drug-likeness (QED) is 0.755. The molecule has 0 aliphatic carbocycles. The minimum absolute atomic E-state index is 0.258. The maximum absolute atomic E-state index is 13.7. The average molecular weight is 267 g/mol. The van der Waals surface area contributed by atoms with Gasteiger partial charge in [0.05, 0.1) is 11.9 Å². The number of H-pyrrole nitrogens is 1. The number of anilines is 1. The molecule has 0 amide bonds. The fourth-order valence-electron chi connectivity index (χ4n) is 2.11. The molecule has 3 aromatic rings. The Bertz CT molecular complexity index is 734. The van der Waals surface area contributed by atoms with Crippen LogP contribution in [0, 0.1) is 5.82 Å². The van der Waals surface area contributed by atoms with E-state index in [0.717, 1.165) is 17.1 Å². The van der Waals surface area contributed by atoms with Crippen molar-refractivity contribution < 1.29 is 4.39 Å². The second-order valence-corrected chi connectivity index (χ2v) is 4.46. The minimum Gasteiger partial charge on any atom is -0.388 e. The SMILES string of the molecule is CNc1cccc(-c2ncc(-c3ccccc3F)[nH]2)c1. The summed E-state index contributed by atoms with van der Waals surface area (Å²) in [4.78, 5) is 7.49. The number of nitrogens with one attached hydrogen (secondary N) is 2. The summed E-state index contributed by atoms with van der Waals surface area (Å²) in [6.07, 6.45) is 1.65. The summed E-state index contributed by atoms with van der Waals surface area (Å²) in [6.45, 7) is 0. The number of hydrogen-bond donors (Lipinski definition) is 2. The molecular weight excluding hydrogens is 253 g/mol. The standard InChI is InChI=1S/C16H14FN3/c1-18-12-6-4-5-11(9-12)16-19-10-15(20-16)13-7-2-3-8-14(13)17/h2-10,18H,1H3,(H,19,20). The molecule has 2 N–H and O–H groups in total. The molecule has 4 heteroatoms. The van der Waals surface area contributed by atoms with Crippen molar-refractivity contribution in [2.75, 3.05) is 12.4 Å². The van der Waals surface area contributed by atoms with Crippen molar-refractivity contribution in [3.63, 3.8) is 0 Å². The molecule has 20 heavy (non-hydrogen) atoms. The van der Waals surface area contributed by atoms with Crippen LogP contribution in [0.25, 0.3) is 22.6 Å². The molecule has 0 unspecified atom stereocenters. The molecule has 1 aromatic heterocycles. The van der Waals surface area contributed by atoms with Gasteiger partial charge in [-0.05, 0) is 24.3 Å². The van der Waals surface area contributed by atoms with Crippen molar-refractivity contribution in [2.24, 2.45) is 0 Å². The minimum atomic E-state index is -0.258. The van der Waals surface area contributed by atoms with Gasteiger partial charge < -0.3 is 10.3 Å². The first-order chi connectivity index (χ1) is 9.78. The predicted molar refractivity (Wildman–Crippen MR) is 79.0 cm³/mol. The molecule has 0 bridgehead atoms. The summed E-state index contributed by atoms with van der Waals surface area (Å²) in [6, 6.07) is 14.5. The van der Waals surface area contributed by atoms with Gasteiger partial charge in [-0.1, -0.05) is 24.3 Å². The Kier molecular flexibility index (Phi) is 3.21. The number of nitrogens with zero attached hydrogens (tertiary/aromatic N) is 1. The van der Waals surface area contributed by atoms with Gasteiger partial charge in [-0.25, -0.2) is 9.37 Å². The second-order valence-electron chi connectivity index (χ2n) is 4.46. The number of hydrogen-bond acceptors (Lipinski definition) is 2. The van der Waals surface area contributed by atoms with Crippen LogP contribution < -0.4 is 5.32 Å². The Morgan fingerprint density at radius 1 is 1.10 bits per heavy atom. The number of benzene rings is 2. The van der Waals surface area contributed by atoms with Crippen LogP contribution in [0.1, 0.15) is 0 Å². The highest BCUT2D eigenvalue weighted by Gasteiger charge is 2.09. The van der Waals surface area contributed by atoms with E-state index in [2.05, 4.69) is 15.3 Å². The first-order valence-electron chi connectivity index (χ1n) is 6.36. The molecule has 0 fully saturated rings. The summed E-state index contributed by atoms with van der Waals surface area (Å²) < 4.78 is 13.7. The molecule has 100 valence electrons. The van der Waals surface area contributed by atoms with Gasteiger partial charge in [-0.2, -0.15) is 0 Å². The summed E-state index contributed by atoms with van der Waals surface area (Å²) in [5.41, 5.74) is 3.16. The van der Waals surface area contributed by atoms with Crippen LogP contribution in [0.5, 0.6) is 0 Å². The molecule has 0 spiro atoms. The third kappa shape index (κ3) is 2.28. The van der Waals surface area contributed by atoms with Gasteiger partial charge in [0.15, 0.2) is 0 Å². The lowest BCUT2D eigenvalue weighted by Gasteiger charge is -2.02. The number of aromatic amines is 1. The number of rotatable bonds is 3. The van der Waals surface area contributed by atoms with Crippen molar-refractivity contribution in [1.82, 2.24) is 9.97 Å². The van der Waals surface area contributed by atoms with Gasteiger partial charge in [-0.3, -0.25) is 0 Å². The van der Waals surface area contributed by atoms with Crippen molar-refractivity contribution in [1.29, 1.82) is 0 Å². The molecule has 0 saturated heterocycles. The average Bonchev–Trinajstić information content (AvgIpc) is 2.97. The lowest BCUT2D eigenvalue weighted by atomic mass is 10.1. The third-order valence-corrected chi connectivity index (χ3v) is 3.16. The van der Waals surface area contributed by atoms with Crippen molar-refractivity contribution in [2.45, 2.75) is 0 Å². The first-order valence-corrected chi connectivity index (χ1v) is 6.36. The van der Waals surface area contributed by atoms with Crippen LogP contribution in [0.4, 0.5) is 10.1 Å². The zero-order valence-corrected chi connectivity index (χ0v) is 11.0. The largest absolute Gasteiger partial charge is 0.388 e. The van der Waals surface area contributed by atoms with Crippen molar-refractivity contribution in [3.8, 4) is 22.6 Å². The first kappa shape index (κ1) is 12.4. The lowest BCUT2D eigenvalue weighted by molar-refractivity contribution is 0.631. The Labute approximate surface area is 116 Å². The third-order valence-electron chi connectivity index (χ3n) is 3.16. The maximum Gasteiger partial charge on any atom is 0.137 e. The Morgan fingerprint density at radius 3 is 2.75 bits per heavy atom. The van der Waals surface area contributed by atoms with E-state index in [1.807, 2.05) is 31.3 Å². The van der Waals surface area contributed by atoms with Gasteiger partial charge in [-0.15, -0.1) is 0 Å². The van der Waals surface area contributed by atoms with Gasteiger partial charge in [0.1, 0.15) is 11.6 Å². The van der Waals surface area contributed by atoms with E-state index in [9.17, 15) is 4.39 Å². The highest BCUT2D eigenvalue weighted by atomic mass is 19.1. The molecule has 0 radical (unpaired) electrons. The summed E-state index contributed by atoms with van der Waals surface area (Å²) >= 11 is 0. The summed E-state index contributed by atoms with van der Waals surface area (Å²) in [5.74, 6) is 0.465. The molecule has 0 aliphatic rings. The molecular formula is C16H14FN3. The van der Waals surface area contributed by atoms with Gasteiger partial charge >= 0.3 is 0 Å². The molecule has 1 heterocycles. The van der Waals surface area contributed by atoms with E-state index in [-0.39, 0.29) is 5.82 Å². The fourth-order valence-corrected chi connectivity index (χ4v) is 2.11. The summed E-state index contributed by atoms with van der Waals surface area (Å²) in [7, 11) is 1.87. The van der Waals surface area contributed by atoms with E-state index in [0.29, 0.717) is 11.3 Å². The van der Waals surface area contributed by atoms with E-state index >= 15 is 0 Å². The predicted octanol–water partition coefficient (Wildman–Crippen LogP) is 3.92. The number of aromatic nitrogens is 2. The van der Waals surface area contributed by atoms with E-state index in [1.54, 1.807) is 24.4 Å². The van der Waals surface area contributed by atoms with Gasteiger partial charge in [0, 0.05) is 23.9 Å². The van der Waals surface area contributed by atoms with E-state index in [1.165, 1.54) is 6.07 Å². The Balaban J connectivity index is 2.00. The van der Waals surface area contributed by atoms with E-state index < -0.39 is 0 Å². The molecule has 3 nitrogen and oxygen atoms in total. The van der Waals surface area contributed by atoms with Gasteiger partial charge in [0.2, 0.25) is 0 Å². The van der Waals surface area contributed by atoms with Crippen LogP contribution in [-0.2, 0) is 0 Å². The Hall–Kier alpha value is -2.62. The second kappa shape index (κ2) is 5.17. The molecule has 2 aromatic carbocycles. The molecule has 0 aliphatic heterocycles. The van der Waals surface area contributed by atoms with Crippen LogP contribution >= 0.6 is 0 Å². The molecule has 0 atom stereocenters. The molecule has 3 rings (SSSR count). The van der Waals surface area contributed by atoms with Gasteiger partial charge in [0.25, 0.3) is 0 Å². The highest BCUT2D eigenvalue weighted by molar-refractivity contribution is 5.67. The zero-order valence-electron chi connectivity index (χ0n) is 11.0. The zero-order chi connectivity index (χ0) is 13.9. The lowest BCUT2D eigenvalue weighted by Crippen LogP contribution is -1.89. The number of imidazole rings is 1. The fraction of sp³-hybridized carbons (Fsp3) is 0.0625. The van der Waals surface area contributed by atoms with Crippen LogP contribution in [-0.4, -0.2) is 17.0 Å². The van der Waals surface area contributed by atoms with Crippen LogP contribution in [0.3, 0.4) is 0 Å². The topological polar surface area (TPSA) is 40.7 Å². The monoisotopic (exact) mass is 267 g/mol. The van der Waals surface area contributed by atoms with Crippen molar-refractivity contribution in [3.05, 3.63) is 60.5 Å². The Morgan fingerprint density at radius 2 is 1.95 bits per heavy atom. The van der Waals surface area contributed by atoms with Crippen LogP contribution in [0.15, 0.2) is 54.7 Å². The number of halogens is 1. The highest BCUT2D eigenvalue weighted by Crippen LogP contribution is 2.25. The van der Waals surface area contributed by atoms with Crippen molar-refractivity contribution >= 4 is 5.69 Å². The molecule has 0 saturated carbocycles. The van der Waals surface area contributed by atoms with E-state index in [4.69, 9.17) is 0 Å². The van der Waals surface area contributed by atoms with Crippen LogP contribution in [0.2, 0.25) is 0 Å². The summed E-state index contributed by atoms with van der Waals surface area (Å²) in [5, 5.41) is 3.08. The smallest absolute Gasteiger partial charge is 0.137 e.